The van der Waals surface area contributed by atoms with Crippen molar-refractivity contribution in [2.24, 2.45) is 11.8 Å². The number of hydrogen-bond donors (Lipinski definition) is 1. The smallest absolute Gasteiger partial charge is 0.324 e. The molecule has 3 amide bonds. The molecule has 5 nitrogen and oxygen atoms in total. The highest BCUT2D eigenvalue weighted by Crippen LogP contribution is 2.34. The van der Waals surface area contributed by atoms with E-state index in [0.717, 1.165) is 31.2 Å². The molecule has 0 unspecified atom stereocenters. The summed E-state index contributed by atoms with van der Waals surface area (Å²) in [7, 11) is 0. The Kier molecular flexibility index (Phi) is 8.04. The van der Waals surface area contributed by atoms with E-state index in [1.165, 1.54) is 0 Å². The molecule has 1 aromatic carbocycles. The Bertz CT molecular complexity index is 686. The molecule has 28 heavy (non-hydrogen) atoms. The third kappa shape index (κ3) is 5.58. The molecule has 2 rings (SSSR count). The third-order valence-electron chi connectivity index (χ3n) is 5.78. The van der Waals surface area contributed by atoms with Crippen LogP contribution in [0.3, 0.4) is 0 Å². The zero-order chi connectivity index (χ0) is 20.6. The average molecular weight is 384 g/mol. The van der Waals surface area contributed by atoms with Crippen LogP contribution < -0.4 is 5.32 Å². The molecule has 1 saturated heterocycles. The lowest BCUT2D eigenvalue weighted by Crippen LogP contribution is -2.50. The number of carbonyl (C=O) groups is 2. The summed E-state index contributed by atoms with van der Waals surface area (Å²) in [5, 5.41) is 12.4. The second kappa shape index (κ2) is 10.3. The summed E-state index contributed by atoms with van der Waals surface area (Å²) in [6.07, 6.45) is 4.70. The molecule has 0 radical (unpaired) electrons. The Morgan fingerprint density at radius 2 is 1.79 bits per heavy atom. The molecule has 0 spiro atoms. The van der Waals surface area contributed by atoms with Crippen LogP contribution in [-0.2, 0) is 10.2 Å². The lowest BCUT2D eigenvalue weighted by molar-refractivity contribution is -0.124. The van der Waals surface area contributed by atoms with Gasteiger partial charge in [-0.2, -0.15) is 5.26 Å². The average Bonchev–Trinajstić information content (AvgIpc) is 2.71. The van der Waals surface area contributed by atoms with Gasteiger partial charge in [-0.05, 0) is 37.2 Å². The van der Waals surface area contributed by atoms with E-state index in [-0.39, 0.29) is 17.9 Å². The maximum absolute atomic E-state index is 12.6. The minimum Gasteiger partial charge on any atom is -0.324 e. The zero-order valence-electron chi connectivity index (χ0n) is 17.4. The monoisotopic (exact) mass is 383 g/mol. The minimum absolute atomic E-state index is 0.108. The van der Waals surface area contributed by atoms with Crippen LogP contribution in [0, 0.1) is 23.2 Å². The predicted molar refractivity (Wildman–Crippen MR) is 111 cm³/mol. The van der Waals surface area contributed by atoms with Gasteiger partial charge in [0.15, 0.2) is 0 Å². The largest absolute Gasteiger partial charge is 0.324 e. The fourth-order valence-electron chi connectivity index (χ4n) is 3.89. The highest BCUT2D eigenvalue weighted by atomic mass is 16.2. The summed E-state index contributed by atoms with van der Waals surface area (Å²) >= 11 is 0. The lowest BCUT2D eigenvalue weighted by atomic mass is 9.74. The molecule has 1 aromatic rings. The number of piperidine rings is 1. The Labute approximate surface area is 169 Å². The van der Waals surface area contributed by atoms with Crippen LogP contribution in [0.4, 0.5) is 4.79 Å². The Morgan fingerprint density at radius 1 is 1.14 bits per heavy atom. The highest BCUT2D eigenvalue weighted by molar-refractivity contribution is 5.95. The van der Waals surface area contributed by atoms with Crippen LogP contribution in [0.15, 0.2) is 30.3 Å². The quantitative estimate of drug-likeness (QED) is 0.746. The fraction of sp³-hybridized carbons (Fsp3) is 0.609. The Hall–Kier alpha value is -2.35. The number of amides is 3. The van der Waals surface area contributed by atoms with Crippen LogP contribution >= 0.6 is 0 Å². The van der Waals surface area contributed by atoms with E-state index in [0.29, 0.717) is 31.8 Å². The van der Waals surface area contributed by atoms with Gasteiger partial charge in [0.05, 0.1) is 11.5 Å². The van der Waals surface area contributed by atoms with Crippen molar-refractivity contribution in [2.75, 3.05) is 13.1 Å². The van der Waals surface area contributed by atoms with Gasteiger partial charge in [-0.15, -0.1) is 0 Å². The number of hydrogen-bond acceptors (Lipinski definition) is 3. The number of nitrogens with one attached hydrogen (secondary N) is 1. The predicted octanol–water partition coefficient (Wildman–Crippen LogP) is 4.63. The maximum atomic E-state index is 12.6. The zero-order valence-corrected chi connectivity index (χ0v) is 17.4. The fourth-order valence-corrected chi connectivity index (χ4v) is 3.89. The summed E-state index contributed by atoms with van der Waals surface area (Å²) in [5.41, 5.74) is 0.453. The number of benzene rings is 1. The van der Waals surface area contributed by atoms with Crippen LogP contribution in [0.1, 0.15) is 64.9 Å². The topological polar surface area (TPSA) is 73.2 Å². The van der Waals surface area contributed by atoms with Crippen molar-refractivity contribution < 1.29 is 9.59 Å². The van der Waals surface area contributed by atoms with Gasteiger partial charge in [0, 0.05) is 19.0 Å². The lowest BCUT2D eigenvalue weighted by Gasteiger charge is -2.37. The second-order valence-electron chi connectivity index (χ2n) is 8.30. The number of nitrogens with zero attached hydrogens (tertiary/aromatic N) is 2. The number of nitriles is 1. The van der Waals surface area contributed by atoms with E-state index in [9.17, 15) is 14.9 Å². The van der Waals surface area contributed by atoms with Gasteiger partial charge in [-0.25, -0.2) is 4.79 Å². The first-order valence-corrected chi connectivity index (χ1v) is 10.5. The van der Waals surface area contributed by atoms with E-state index in [4.69, 9.17) is 0 Å². The molecule has 152 valence electrons. The molecule has 0 saturated carbocycles. The van der Waals surface area contributed by atoms with Gasteiger partial charge in [-0.3, -0.25) is 10.1 Å². The molecule has 5 heteroatoms. The van der Waals surface area contributed by atoms with Crippen LogP contribution in [0.5, 0.6) is 0 Å². The minimum atomic E-state index is -0.552. The van der Waals surface area contributed by atoms with E-state index in [1.807, 2.05) is 30.3 Å². The molecule has 1 N–H and O–H groups in total. The summed E-state index contributed by atoms with van der Waals surface area (Å²) in [4.78, 5) is 26.9. The number of imide groups is 1. The van der Waals surface area contributed by atoms with Gasteiger partial charge in [0.2, 0.25) is 5.91 Å². The van der Waals surface area contributed by atoms with E-state index in [1.54, 1.807) is 4.90 Å². The first-order chi connectivity index (χ1) is 13.4. The maximum Gasteiger partial charge on any atom is 0.324 e. The van der Waals surface area contributed by atoms with Gasteiger partial charge in [-0.1, -0.05) is 63.9 Å². The first kappa shape index (κ1) is 21.9. The van der Waals surface area contributed by atoms with E-state index < -0.39 is 5.41 Å². The van der Waals surface area contributed by atoms with Crippen molar-refractivity contribution in [1.29, 1.82) is 5.26 Å². The molecular formula is C23H33N3O2. The number of urea groups is 1. The van der Waals surface area contributed by atoms with Crippen LogP contribution in [0.2, 0.25) is 0 Å². The summed E-state index contributed by atoms with van der Waals surface area (Å²) < 4.78 is 0. The molecular weight excluding hydrogens is 350 g/mol. The standard InChI is InChI=1S/C23H33N3O2/c1-4-8-19(12-11-18(2)3)21(27)25-22(28)26-15-13-23(17-24,14-16-26)20-9-6-5-7-10-20/h5-7,9-10,18-19H,4,8,11-16H2,1-3H3,(H,25,27,28)/t19-/m0/s1. The SMILES string of the molecule is CCC[C@@H](CCC(C)C)C(=O)NC(=O)N1CCC(C#N)(c2ccccc2)CC1. The van der Waals surface area contributed by atoms with Crippen LogP contribution in [-0.4, -0.2) is 29.9 Å². The summed E-state index contributed by atoms with van der Waals surface area (Å²) in [5.74, 6) is 0.276. The molecule has 0 aliphatic carbocycles. The van der Waals surface area contributed by atoms with Gasteiger partial charge in [0.25, 0.3) is 0 Å². The van der Waals surface area contributed by atoms with Crippen molar-refractivity contribution in [2.45, 2.75) is 64.7 Å². The van der Waals surface area contributed by atoms with Crippen molar-refractivity contribution in [3.05, 3.63) is 35.9 Å². The molecule has 1 aliphatic heterocycles. The van der Waals surface area contributed by atoms with Crippen molar-refractivity contribution in [3.8, 4) is 6.07 Å². The summed E-state index contributed by atoms with van der Waals surface area (Å²) in [6, 6.07) is 11.9. The van der Waals surface area contributed by atoms with Crippen molar-refractivity contribution >= 4 is 11.9 Å². The number of rotatable bonds is 7. The van der Waals surface area contributed by atoms with Gasteiger partial charge >= 0.3 is 6.03 Å². The Balaban J connectivity index is 1.93. The van der Waals surface area contributed by atoms with Gasteiger partial charge < -0.3 is 4.90 Å². The van der Waals surface area contributed by atoms with E-state index >= 15 is 0 Å². The second-order valence-corrected chi connectivity index (χ2v) is 8.30. The normalized spacial score (nSPS) is 17.0. The van der Waals surface area contributed by atoms with Crippen LogP contribution in [0.25, 0.3) is 0 Å². The van der Waals surface area contributed by atoms with Crippen molar-refractivity contribution in [1.82, 2.24) is 10.2 Å². The van der Waals surface area contributed by atoms with Crippen molar-refractivity contribution in [3.63, 3.8) is 0 Å². The molecule has 1 fully saturated rings. The molecule has 1 aliphatic rings. The van der Waals surface area contributed by atoms with E-state index in [2.05, 4.69) is 32.2 Å². The molecule has 1 heterocycles. The first-order valence-electron chi connectivity index (χ1n) is 10.5. The molecule has 1 atom stereocenters. The highest BCUT2D eigenvalue weighted by Gasteiger charge is 2.38. The third-order valence-corrected chi connectivity index (χ3v) is 5.78. The molecule has 0 aromatic heterocycles. The molecule has 0 bridgehead atoms. The number of carbonyl (C=O) groups excluding carboxylic acids is 2. The Morgan fingerprint density at radius 3 is 2.32 bits per heavy atom. The summed E-state index contributed by atoms with van der Waals surface area (Å²) in [6.45, 7) is 7.31. The number of likely N-dealkylation sites (tertiary alicyclic amines) is 1. The van der Waals surface area contributed by atoms with Gasteiger partial charge in [0.1, 0.15) is 0 Å².